The molecule has 1 atom stereocenters. The highest BCUT2D eigenvalue weighted by molar-refractivity contribution is 5.88. The molecule has 2 aliphatic rings. The number of carbonyl (C=O) groups excluding carboxylic acids is 1. The largest absolute Gasteiger partial charge is 0.488 e. The van der Waals surface area contributed by atoms with Crippen molar-refractivity contribution in [1.29, 1.82) is 0 Å². The molecule has 1 aromatic heterocycles. The van der Waals surface area contributed by atoms with E-state index in [0.717, 1.165) is 37.1 Å². The van der Waals surface area contributed by atoms with Crippen molar-refractivity contribution in [2.75, 3.05) is 26.3 Å². The summed E-state index contributed by atoms with van der Waals surface area (Å²) in [6.45, 7) is 2.64. The van der Waals surface area contributed by atoms with Crippen LogP contribution in [0.25, 0.3) is 0 Å². The van der Waals surface area contributed by atoms with E-state index in [4.69, 9.17) is 9.47 Å². The van der Waals surface area contributed by atoms with Gasteiger partial charge in [-0.15, -0.1) is 0 Å². The number of pyridine rings is 1. The summed E-state index contributed by atoms with van der Waals surface area (Å²) in [4.78, 5) is 19.5. The summed E-state index contributed by atoms with van der Waals surface area (Å²) in [5.74, 6) is 1.02. The van der Waals surface area contributed by atoms with E-state index < -0.39 is 5.41 Å². The Morgan fingerprint density at radius 3 is 2.58 bits per heavy atom. The molecule has 0 radical (unpaired) electrons. The zero-order valence-electron chi connectivity index (χ0n) is 14.8. The molecule has 0 saturated carbocycles. The molecule has 2 aliphatic heterocycles. The SMILES string of the molecule is O=C(N1CC[C@@H](Oc2ccncc2)C1)C1(c2ccccc2)CCOCC1. The highest BCUT2D eigenvalue weighted by atomic mass is 16.5. The number of hydrogen-bond donors (Lipinski definition) is 0. The van der Waals surface area contributed by atoms with Gasteiger partial charge < -0.3 is 14.4 Å². The Hall–Kier alpha value is -2.40. The van der Waals surface area contributed by atoms with Gasteiger partial charge in [-0.25, -0.2) is 0 Å². The van der Waals surface area contributed by atoms with Crippen LogP contribution in [0.15, 0.2) is 54.9 Å². The van der Waals surface area contributed by atoms with Crippen molar-refractivity contribution in [2.45, 2.75) is 30.8 Å². The fourth-order valence-electron chi connectivity index (χ4n) is 4.02. The smallest absolute Gasteiger partial charge is 0.233 e. The topological polar surface area (TPSA) is 51.7 Å². The lowest BCUT2D eigenvalue weighted by Gasteiger charge is -2.39. The second-order valence-electron chi connectivity index (χ2n) is 7.02. The molecule has 0 unspecified atom stereocenters. The highest BCUT2D eigenvalue weighted by Gasteiger charge is 2.45. The summed E-state index contributed by atoms with van der Waals surface area (Å²) in [5, 5.41) is 0. The molecular weight excluding hydrogens is 328 g/mol. The van der Waals surface area contributed by atoms with Gasteiger partial charge in [-0.05, 0) is 30.5 Å². The van der Waals surface area contributed by atoms with E-state index in [1.54, 1.807) is 12.4 Å². The first-order valence-electron chi connectivity index (χ1n) is 9.27. The zero-order valence-corrected chi connectivity index (χ0v) is 14.8. The Morgan fingerprint density at radius 2 is 1.85 bits per heavy atom. The number of nitrogens with zero attached hydrogens (tertiary/aromatic N) is 2. The molecule has 5 heteroatoms. The average Bonchev–Trinajstić information content (AvgIpc) is 3.18. The molecule has 2 fully saturated rings. The third-order valence-electron chi connectivity index (χ3n) is 5.47. The average molecular weight is 352 g/mol. The van der Waals surface area contributed by atoms with E-state index in [1.165, 1.54) is 0 Å². The van der Waals surface area contributed by atoms with Crippen molar-refractivity contribution >= 4 is 5.91 Å². The van der Waals surface area contributed by atoms with Gasteiger partial charge in [-0.3, -0.25) is 9.78 Å². The van der Waals surface area contributed by atoms with Crippen LogP contribution >= 0.6 is 0 Å². The number of amides is 1. The molecule has 0 N–H and O–H groups in total. The lowest BCUT2D eigenvalue weighted by atomic mass is 9.73. The molecule has 2 aromatic rings. The first-order chi connectivity index (χ1) is 12.8. The van der Waals surface area contributed by atoms with Gasteiger partial charge in [0.1, 0.15) is 11.9 Å². The monoisotopic (exact) mass is 352 g/mol. The summed E-state index contributed by atoms with van der Waals surface area (Å²) in [6.07, 6.45) is 5.81. The summed E-state index contributed by atoms with van der Waals surface area (Å²) in [7, 11) is 0. The Kier molecular flexibility index (Phi) is 4.89. The minimum Gasteiger partial charge on any atom is -0.488 e. The van der Waals surface area contributed by atoms with Crippen LogP contribution in [-0.4, -0.2) is 48.2 Å². The van der Waals surface area contributed by atoms with Gasteiger partial charge in [0.2, 0.25) is 5.91 Å². The summed E-state index contributed by atoms with van der Waals surface area (Å²) in [6, 6.07) is 13.9. The number of likely N-dealkylation sites (tertiary alicyclic amines) is 1. The van der Waals surface area contributed by atoms with Gasteiger partial charge >= 0.3 is 0 Å². The van der Waals surface area contributed by atoms with E-state index >= 15 is 0 Å². The first kappa shape index (κ1) is 17.0. The van der Waals surface area contributed by atoms with Crippen molar-refractivity contribution in [3.8, 4) is 5.75 Å². The fourth-order valence-corrected chi connectivity index (χ4v) is 4.02. The number of benzene rings is 1. The number of hydrogen-bond acceptors (Lipinski definition) is 4. The number of carbonyl (C=O) groups is 1. The van der Waals surface area contributed by atoms with Crippen molar-refractivity contribution in [3.05, 3.63) is 60.4 Å². The molecule has 3 heterocycles. The van der Waals surface area contributed by atoms with Gasteiger partial charge in [0.25, 0.3) is 0 Å². The Balaban J connectivity index is 1.50. The molecule has 26 heavy (non-hydrogen) atoms. The lowest BCUT2D eigenvalue weighted by molar-refractivity contribution is -0.140. The minimum atomic E-state index is -0.467. The molecule has 2 saturated heterocycles. The van der Waals surface area contributed by atoms with Crippen LogP contribution in [0.3, 0.4) is 0 Å². The van der Waals surface area contributed by atoms with Crippen LogP contribution in [0.1, 0.15) is 24.8 Å². The first-order valence-corrected chi connectivity index (χ1v) is 9.27. The fraction of sp³-hybridized carbons (Fsp3) is 0.429. The van der Waals surface area contributed by atoms with Crippen molar-refractivity contribution in [3.63, 3.8) is 0 Å². The third kappa shape index (κ3) is 3.31. The van der Waals surface area contributed by atoms with E-state index in [-0.39, 0.29) is 12.0 Å². The van der Waals surface area contributed by atoms with Gasteiger partial charge in [0.15, 0.2) is 0 Å². The highest BCUT2D eigenvalue weighted by Crippen LogP contribution is 2.37. The standard InChI is InChI=1S/C21H24N2O3/c24-20(21(9-14-25-15-10-21)17-4-2-1-3-5-17)23-13-8-19(16-23)26-18-6-11-22-12-7-18/h1-7,11-12,19H,8-10,13-16H2/t19-/m1/s1. The molecule has 0 spiro atoms. The van der Waals surface area contributed by atoms with Crippen molar-refractivity contribution in [2.24, 2.45) is 0 Å². The third-order valence-corrected chi connectivity index (χ3v) is 5.47. The normalized spacial score (nSPS) is 22.2. The van der Waals surface area contributed by atoms with Crippen molar-refractivity contribution < 1.29 is 14.3 Å². The second kappa shape index (κ2) is 7.46. The summed E-state index contributed by atoms with van der Waals surface area (Å²) < 4.78 is 11.6. The number of ether oxygens (including phenoxy) is 2. The maximum atomic E-state index is 13.5. The van der Waals surface area contributed by atoms with Crippen LogP contribution in [0.5, 0.6) is 5.75 Å². The van der Waals surface area contributed by atoms with Gasteiger partial charge in [-0.1, -0.05) is 30.3 Å². The minimum absolute atomic E-state index is 0.0361. The van der Waals surface area contributed by atoms with Gasteiger partial charge in [0, 0.05) is 38.6 Å². The van der Waals surface area contributed by atoms with Crippen LogP contribution < -0.4 is 4.74 Å². The van der Waals surface area contributed by atoms with E-state index in [1.807, 2.05) is 35.2 Å². The van der Waals surface area contributed by atoms with Crippen LogP contribution in [0.4, 0.5) is 0 Å². The molecule has 1 amide bonds. The molecular formula is C21H24N2O3. The Labute approximate surface area is 153 Å². The van der Waals surface area contributed by atoms with E-state index in [9.17, 15) is 4.79 Å². The molecule has 4 rings (SSSR count). The van der Waals surface area contributed by atoms with E-state index in [0.29, 0.717) is 19.8 Å². The Morgan fingerprint density at radius 1 is 1.12 bits per heavy atom. The zero-order chi connectivity index (χ0) is 17.8. The number of rotatable bonds is 4. The quantitative estimate of drug-likeness (QED) is 0.849. The van der Waals surface area contributed by atoms with Gasteiger partial charge in [-0.2, -0.15) is 0 Å². The van der Waals surface area contributed by atoms with E-state index in [2.05, 4.69) is 17.1 Å². The van der Waals surface area contributed by atoms with Crippen LogP contribution in [0, 0.1) is 0 Å². The van der Waals surface area contributed by atoms with Crippen LogP contribution in [-0.2, 0) is 14.9 Å². The second-order valence-corrected chi connectivity index (χ2v) is 7.02. The van der Waals surface area contributed by atoms with Gasteiger partial charge in [0.05, 0.1) is 12.0 Å². The molecule has 1 aromatic carbocycles. The predicted molar refractivity (Wildman–Crippen MR) is 98.0 cm³/mol. The summed E-state index contributed by atoms with van der Waals surface area (Å²) >= 11 is 0. The lowest BCUT2D eigenvalue weighted by Crippen LogP contribution is -2.49. The molecule has 0 bridgehead atoms. The maximum Gasteiger partial charge on any atom is 0.233 e. The van der Waals surface area contributed by atoms with Crippen molar-refractivity contribution in [1.82, 2.24) is 9.88 Å². The number of aromatic nitrogens is 1. The summed E-state index contributed by atoms with van der Waals surface area (Å²) in [5.41, 5.74) is 0.636. The Bertz CT molecular complexity index is 729. The molecule has 136 valence electrons. The van der Waals surface area contributed by atoms with Crippen LogP contribution in [0.2, 0.25) is 0 Å². The predicted octanol–water partition coefficient (Wildman–Crippen LogP) is 2.81. The maximum absolute atomic E-state index is 13.5. The molecule has 5 nitrogen and oxygen atoms in total. The molecule has 0 aliphatic carbocycles.